The minimum atomic E-state index is -3.79. The summed E-state index contributed by atoms with van der Waals surface area (Å²) in [5.41, 5.74) is 6.47. The molecule has 0 aliphatic rings. The first-order valence-corrected chi connectivity index (χ1v) is 15.3. The fourth-order valence-corrected chi connectivity index (χ4v) is 4.98. The normalized spacial score (nSPS) is 11.7. The second-order valence-electron chi connectivity index (χ2n) is 9.02. The van der Waals surface area contributed by atoms with Crippen LogP contribution in [-0.2, 0) is 26.8 Å². The molecule has 0 aromatic heterocycles. The van der Waals surface area contributed by atoms with E-state index >= 15 is 0 Å². The van der Waals surface area contributed by atoms with Crippen molar-refractivity contribution in [2.24, 2.45) is 0 Å². The molecule has 7 nitrogen and oxygen atoms in total. The van der Waals surface area contributed by atoms with Crippen molar-refractivity contribution in [3.63, 3.8) is 0 Å². The third-order valence-electron chi connectivity index (χ3n) is 5.72. The summed E-state index contributed by atoms with van der Waals surface area (Å²) in [5.74, 6) is 0.684. The molecule has 4 aromatic rings. The number of benzene rings is 4. The average Bonchev–Trinajstić information content (AvgIpc) is 2.84. The molecule has 0 fully saturated rings. The van der Waals surface area contributed by atoms with Crippen molar-refractivity contribution in [1.29, 1.82) is 0 Å². The van der Waals surface area contributed by atoms with E-state index in [0.717, 1.165) is 51.5 Å². The van der Waals surface area contributed by atoms with Crippen LogP contribution in [0.2, 0.25) is 0 Å². The molecule has 0 spiro atoms. The Morgan fingerprint density at radius 2 is 1.16 bits per heavy atom. The maximum atomic E-state index is 12.0. The van der Waals surface area contributed by atoms with Crippen LogP contribution in [0.3, 0.4) is 0 Å². The van der Waals surface area contributed by atoms with Gasteiger partial charge in [-0.3, -0.25) is 0 Å². The first kappa shape index (κ1) is 27.2. The monoisotopic (exact) mass is 552 g/mol. The quantitative estimate of drug-likeness (QED) is 0.239. The van der Waals surface area contributed by atoms with Crippen LogP contribution in [0.25, 0.3) is 22.3 Å². The topological polar surface area (TPSA) is 96.0 Å². The number of hydrogen-bond donors (Lipinski definition) is 0. The van der Waals surface area contributed by atoms with E-state index in [9.17, 15) is 16.8 Å². The van der Waals surface area contributed by atoms with Crippen LogP contribution in [0.5, 0.6) is 17.2 Å². The zero-order chi connectivity index (χ0) is 27.5. The predicted octanol–water partition coefficient (Wildman–Crippen LogP) is 5.89. The third kappa shape index (κ3) is 7.14. The maximum absolute atomic E-state index is 12.0. The Balaban J connectivity index is 1.66. The van der Waals surface area contributed by atoms with Gasteiger partial charge in [-0.15, -0.1) is 0 Å². The van der Waals surface area contributed by atoms with Crippen molar-refractivity contribution in [3.8, 4) is 39.5 Å². The molecular weight excluding hydrogens is 524 g/mol. The molecule has 0 heterocycles. The van der Waals surface area contributed by atoms with Crippen molar-refractivity contribution in [2.75, 3.05) is 12.5 Å². The van der Waals surface area contributed by atoms with Gasteiger partial charge in [0, 0.05) is 0 Å². The van der Waals surface area contributed by atoms with E-state index < -0.39 is 20.2 Å². The van der Waals surface area contributed by atoms with Gasteiger partial charge in [0.1, 0.15) is 12.4 Å². The standard InChI is InChI=1S/C29H28O7S2/c1-20-17-27(21(2)16-26(20)23-10-13-25(14-11-23)35-37(3,30)31)24-12-15-28(29(18-24)36-38(4,32)33)34-19-22-8-6-5-7-9-22/h5-18H,19H2,1-4H3. The van der Waals surface area contributed by atoms with Crippen LogP contribution in [-0.4, -0.2) is 29.3 Å². The SMILES string of the molecule is Cc1cc(-c2ccc(OCc3ccccc3)c(OS(C)(=O)=O)c2)c(C)cc1-c1ccc(OS(C)(=O)=O)cc1. The van der Waals surface area contributed by atoms with E-state index in [4.69, 9.17) is 13.1 Å². The van der Waals surface area contributed by atoms with E-state index in [0.29, 0.717) is 5.75 Å². The summed E-state index contributed by atoms with van der Waals surface area (Å²) in [6, 6.07) is 25.7. The van der Waals surface area contributed by atoms with Gasteiger partial charge >= 0.3 is 20.2 Å². The van der Waals surface area contributed by atoms with Crippen molar-refractivity contribution in [2.45, 2.75) is 20.5 Å². The van der Waals surface area contributed by atoms with Crippen molar-refractivity contribution in [1.82, 2.24) is 0 Å². The molecule has 0 amide bonds. The van der Waals surface area contributed by atoms with Crippen LogP contribution in [0.15, 0.2) is 84.9 Å². The summed E-state index contributed by atoms with van der Waals surface area (Å²) in [4.78, 5) is 0. The van der Waals surface area contributed by atoms with Gasteiger partial charge in [-0.2, -0.15) is 16.8 Å². The van der Waals surface area contributed by atoms with Gasteiger partial charge < -0.3 is 13.1 Å². The van der Waals surface area contributed by atoms with Crippen LogP contribution >= 0.6 is 0 Å². The Kier molecular flexibility index (Phi) is 7.80. The number of hydrogen-bond acceptors (Lipinski definition) is 7. The van der Waals surface area contributed by atoms with Gasteiger partial charge in [-0.25, -0.2) is 0 Å². The van der Waals surface area contributed by atoms with Crippen LogP contribution in [0.4, 0.5) is 0 Å². The van der Waals surface area contributed by atoms with Crippen molar-refractivity contribution >= 4 is 20.2 Å². The molecule has 0 atom stereocenters. The highest BCUT2D eigenvalue weighted by atomic mass is 32.2. The smallest absolute Gasteiger partial charge is 0.306 e. The molecule has 0 saturated heterocycles. The van der Waals surface area contributed by atoms with Crippen LogP contribution in [0.1, 0.15) is 16.7 Å². The van der Waals surface area contributed by atoms with Gasteiger partial charge in [-0.1, -0.05) is 60.7 Å². The lowest BCUT2D eigenvalue weighted by atomic mass is 9.92. The van der Waals surface area contributed by atoms with Gasteiger partial charge in [0.05, 0.1) is 12.5 Å². The zero-order valence-electron chi connectivity index (χ0n) is 21.5. The predicted molar refractivity (Wildman–Crippen MR) is 149 cm³/mol. The Labute approximate surface area is 223 Å². The fourth-order valence-electron chi connectivity index (χ4n) is 4.06. The van der Waals surface area contributed by atoms with Gasteiger partial charge in [0.15, 0.2) is 11.5 Å². The molecule has 38 heavy (non-hydrogen) atoms. The molecule has 0 N–H and O–H groups in total. The molecular formula is C29H28O7S2. The zero-order valence-corrected chi connectivity index (χ0v) is 23.1. The van der Waals surface area contributed by atoms with E-state index in [-0.39, 0.29) is 18.1 Å². The Morgan fingerprint density at radius 1 is 0.605 bits per heavy atom. The second-order valence-corrected chi connectivity index (χ2v) is 12.2. The molecule has 4 rings (SSSR count). The summed E-state index contributed by atoms with van der Waals surface area (Å²) in [6.07, 6.45) is 2.00. The van der Waals surface area contributed by atoms with Gasteiger partial charge in [0.2, 0.25) is 0 Å². The van der Waals surface area contributed by atoms with E-state index in [2.05, 4.69) is 0 Å². The van der Waals surface area contributed by atoms with Crippen LogP contribution in [0, 0.1) is 13.8 Å². The average molecular weight is 553 g/mol. The highest BCUT2D eigenvalue weighted by molar-refractivity contribution is 7.86. The molecule has 198 valence electrons. The lowest BCUT2D eigenvalue weighted by Crippen LogP contribution is -2.08. The largest absolute Gasteiger partial charge is 0.485 e. The number of rotatable bonds is 9. The second kappa shape index (κ2) is 10.9. The molecule has 0 bridgehead atoms. The van der Waals surface area contributed by atoms with Crippen LogP contribution < -0.4 is 13.1 Å². The summed E-state index contributed by atoms with van der Waals surface area (Å²) in [7, 11) is -7.38. The third-order valence-corrected chi connectivity index (χ3v) is 6.69. The fraction of sp³-hybridized carbons (Fsp3) is 0.172. The molecule has 9 heteroatoms. The maximum Gasteiger partial charge on any atom is 0.306 e. The van der Waals surface area contributed by atoms with E-state index in [1.807, 2.05) is 62.4 Å². The van der Waals surface area contributed by atoms with Gasteiger partial charge in [0.25, 0.3) is 0 Å². The molecule has 0 unspecified atom stereocenters. The molecule has 0 radical (unpaired) electrons. The highest BCUT2D eigenvalue weighted by Crippen LogP contribution is 2.37. The molecule has 0 aliphatic carbocycles. The van der Waals surface area contributed by atoms with Gasteiger partial charge in [-0.05, 0) is 77.1 Å². The Hall–Kier alpha value is -3.82. The Morgan fingerprint density at radius 3 is 1.74 bits per heavy atom. The minimum Gasteiger partial charge on any atom is -0.485 e. The molecule has 4 aromatic carbocycles. The number of aryl methyl sites for hydroxylation is 2. The lowest BCUT2D eigenvalue weighted by Gasteiger charge is -2.16. The molecule has 0 saturated carbocycles. The Bertz CT molecular complexity index is 1660. The van der Waals surface area contributed by atoms with E-state index in [1.54, 1.807) is 36.4 Å². The summed E-state index contributed by atoms with van der Waals surface area (Å²) < 4.78 is 62.8. The molecule has 0 aliphatic heterocycles. The van der Waals surface area contributed by atoms with Crippen molar-refractivity contribution < 1.29 is 29.9 Å². The first-order chi connectivity index (χ1) is 17.9. The first-order valence-electron chi connectivity index (χ1n) is 11.7. The number of ether oxygens (including phenoxy) is 1. The summed E-state index contributed by atoms with van der Waals surface area (Å²) in [6.45, 7) is 4.21. The van der Waals surface area contributed by atoms with Crippen molar-refractivity contribution in [3.05, 3.63) is 102 Å². The summed E-state index contributed by atoms with van der Waals surface area (Å²) >= 11 is 0. The highest BCUT2D eigenvalue weighted by Gasteiger charge is 2.16. The summed E-state index contributed by atoms with van der Waals surface area (Å²) in [5, 5.41) is 0. The lowest BCUT2D eigenvalue weighted by molar-refractivity contribution is 0.296. The minimum absolute atomic E-state index is 0.114. The van der Waals surface area contributed by atoms with E-state index in [1.165, 1.54) is 0 Å².